The number of carbonyl (C=O) groups excluding carboxylic acids is 3. The van der Waals surface area contributed by atoms with Crippen LogP contribution in [0.4, 0.5) is 8.78 Å². The van der Waals surface area contributed by atoms with Crippen LogP contribution in [0.2, 0.25) is 0 Å². The number of rotatable bonds is 10. The highest BCUT2D eigenvalue weighted by atomic mass is 19.3. The van der Waals surface area contributed by atoms with E-state index in [2.05, 4.69) is 0 Å². The smallest absolute Gasteiger partial charge is 0.377 e. The van der Waals surface area contributed by atoms with Crippen LogP contribution in [0, 0.1) is 35.5 Å². The molecule has 7 unspecified atom stereocenters. The maximum absolute atomic E-state index is 13.7. The fourth-order valence-corrected chi connectivity index (χ4v) is 8.97. The van der Waals surface area contributed by atoms with E-state index in [-0.39, 0.29) is 61.7 Å². The SMILES string of the molecule is CCC1(OC(=O)C(C)(F)F)C2CC3CC1CC(OCC(=O)OCCOC1C4CC5C(=O)OC1C5C4)(C3)C2. The Balaban J connectivity index is 0.984. The largest absolute Gasteiger partial charge is 0.462 e. The normalized spacial score (nSPS) is 44.8. The quantitative estimate of drug-likeness (QED) is 0.243. The van der Waals surface area contributed by atoms with E-state index in [1.807, 2.05) is 6.92 Å². The van der Waals surface area contributed by atoms with Crippen LogP contribution >= 0.6 is 0 Å². The molecule has 0 amide bonds. The third kappa shape index (κ3) is 4.17. The second-order valence-corrected chi connectivity index (χ2v) is 12.4. The molecule has 0 aromatic carbocycles. The maximum atomic E-state index is 13.7. The number of fused-ring (bicyclic) bond motifs is 1. The lowest BCUT2D eigenvalue weighted by Gasteiger charge is -2.64. The Morgan fingerprint density at radius 3 is 2.49 bits per heavy atom. The van der Waals surface area contributed by atoms with Crippen molar-refractivity contribution in [3.05, 3.63) is 0 Å². The minimum atomic E-state index is -3.53. The van der Waals surface area contributed by atoms with E-state index in [1.165, 1.54) is 0 Å². The van der Waals surface area contributed by atoms with Gasteiger partial charge in [0.15, 0.2) is 0 Å². The van der Waals surface area contributed by atoms with Crippen LogP contribution in [0.3, 0.4) is 0 Å². The fourth-order valence-electron chi connectivity index (χ4n) is 8.97. The van der Waals surface area contributed by atoms with Crippen LogP contribution in [-0.4, -0.2) is 67.1 Å². The molecule has 6 aliphatic carbocycles. The Hall–Kier alpha value is -1.81. The van der Waals surface area contributed by atoms with E-state index in [0.717, 1.165) is 32.1 Å². The second kappa shape index (κ2) is 8.86. The molecule has 10 heteroatoms. The van der Waals surface area contributed by atoms with Crippen molar-refractivity contribution in [1.29, 1.82) is 0 Å². The first-order valence-electron chi connectivity index (χ1n) is 13.8. The molecule has 6 saturated carbocycles. The summed E-state index contributed by atoms with van der Waals surface area (Å²) in [5.41, 5.74) is -1.41. The van der Waals surface area contributed by atoms with Crippen molar-refractivity contribution < 1.29 is 46.8 Å². The molecule has 0 N–H and O–H groups in total. The number of carbonyl (C=O) groups is 3. The molecule has 7 rings (SSSR count). The van der Waals surface area contributed by atoms with Gasteiger partial charge in [0, 0.05) is 24.7 Å². The number of alkyl halides is 2. The number of hydrogen-bond acceptors (Lipinski definition) is 8. The molecule has 37 heavy (non-hydrogen) atoms. The van der Waals surface area contributed by atoms with Crippen LogP contribution in [-0.2, 0) is 38.1 Å². The molecule has 7 fully saturated rings. The number of hydrogen-bond donors (Lipinski definition) is 0. The zero-order valence-corrected chi connectivity index (χ0v) is 21.4. The van der Waals surface area contributed by atoms with Gasteiger partial charge in [-0.05, 0) is 63.2 Å². The van der Waals surface area contributed by atoms with Crippen molar-refractivity contribution in [1.82, 2.24) is 0 Å². The number of halogens is 2. The third-order valence-corrected chi connectivity index (χ3v) is 10.3. The molecule has 7 aliphatic rings. The third-order valence-electron chi connectivity index (χ3n) is 10.3. The molecule has 1 heterocycles. The van der Waals surface area contributed by atoms with Gasteiger partial charge in [0.2, 0.25) is 0 Å². The van der Waals surface area contributed by atoms with Gasteiger partial charge in [-0.3, -0.25) is 4.79 Å². The van der Waals surface area contributed by atoms with Gasteiger partial charge in [0.05, 0.1) is 24.2 Å². The summed E-state index contributed by atoms with van der Waals surface area (Å²) < 4.78 is 55.8. The zero-order valence-electron chi connectivity index (χ0n) is 21.4. The molecule has 1 saturated heterocycles. The van der Waals surface area contributed by atoms with Gasteiger partial charge in [0.1, 0.15) is 24.9 Å². The first-order chi connectivity index (χ1) is 17.5. The summed E-state index contributed by atoms with van der Waals surface area (Å²) in [6.45, 7) is 2.62. The Morgan fingerprint density at radius 2 is 1.81 bits per heavy atom. The molecule has 206 valence electrons. The predicted molar refractivity (Wildman–Crippen MR) is 122 cm³/mol. The molecule has 0 aromatic heterocycles. The van der Waals surface area contributed by atoms with Crippen molar-refractivity contribution >= 4 is 17.9 Å². The van der Waals surface area contributed by atoms with E-state index in [1.54, 1.807) is 0 Å². The van der Waals surface area contributed by atoms with E-state index in [4.69, 9.17) is 23.7 Å². The number of esters is 3. The highest BCUT2D eigenvalue weighted by molar-refractivity contribution is 5.77. The van der Waals surface area contributed by atoms with Crippen molar-refractivity contribution in [2.75, 3.05) is 19.8 Å². The van der Waals surface area contributed by atoms with Crippen LogP contribution in [0.25, 0.3) is 0 Å². The number of ether oxygens (including phenoxy) is 5. The molecule has 7 atom stereocenters. The first-order valence-corrected chi connectivity index (χ1v) is 13.8. The van der Waals surface area contributed by atoms with Gasteiger partial charge in [-0.2, -0.15) is 8.78 Å². The summed E-state index contributed by atoms with van der Waals surface area (Å²) in [6.07, 6.45) is 5.61. The van der Waals surface area contributed by atoms with Crippen molar-refractivity contribution in [3.63, 3.8) is 0 Å². The van der Waals surface area contributed by atoms with Crippen molar-refractivity contribution in [2.45, 2.75) is 94.5 Å². The monoisotopic (exact) mass is 526 g/mol. The van der Waals surface area contributed by atoms with Gasteiger partial charge < -0.3 is 23.7 Å². The molecule has 6 bridgehead atoms. The Morgan fingerprint density at radius 1 is 1.08 bits per heavy atom. The van der Waals surface area contributed by atoms with Gasteiger partial charge in [-0.1, -0.05) is 6.92 Å². The summed E-state index contributed by atoms with van der Waals surface area (Å²) in [6, 6.07) is 0. The highest BCUT2D eigenvalue weighted by Gasteiger charge is 2.65. The van der Waals surface area contributed by atoms with Gasteiger partial charge >= 0.3 is 23.8 Å². The maximum Gasteiger partial charge on any atom is 0.377 e. The van der Waals surface area contributed by atoms with Gasteiger partial charge in [-0.25, -0.2) is 9.59 Å². The lowest BCUT2D eigenvalue weighted by atomic mass is 9.47. The summed E-state index contributed by atoms with van der Waals surface area (Å²) in [4.78, 5) is 36.4. The minimum absolute atomic E-state index is 0.0385. The highest BCUT2D eigenvalue weighted by Crippen LogP contribution is 2.63. The van der Waals surface area contributed by atoms with Crippen molar-refractivity contribution in [2.24, 2.45) is 35.5 Å². The topological polar surface area (TPSA) is 97.4 Å². The lowest BCUT2D eigenvalue weighted by Crippen LogP contribution is -2.66. The molecule has 1 aliphatic heterocycles. The summed E-state index contributed by atoms with van der Waals surface area (Å²) >= 11 is 0. The average Bonchev–Trinajstić information content (AvgIpc) is 3.46. The van der Waals surface area contributed by atoms with Crippen LogP contribution < -0.4 is 0 Å². The van der Waals surface area contributed by atoms with Crippen LogP contribution in [0.1, 0.15) is 65.2 Å². The lowest BCUT2D eigenvalue weighted by molar-refractivity contribution is -0.261. The van der Waals surface area contributed by atoms with Crippen LogP contribution in [0.5, 0.6) is 0 Å². The van der Waals surface area contributed by atoms with Crippen LogP contribution in [0.15, 0.2) is 0 Å². The summed E-state index contributed by atoms with van der Waals surface area (Å²) in [5.74, 6) is -4.68. The van der Waals surface area contributed by atoms with Crippen molar-refractivity contribution in [3.8, 4) is 0 Å². The molecule has 0 spiro atoms. The zero-order chi connectivity index (χ0) is 26.2. The van der Waals surface area contributed by atoms with Gasteiger partial charge in [0.25, 0.3) is 0 Å². The second-order valence-electron chi connectivity index (χ2n) is 12.4. The first kappa shape index (κ1) is 25.5. The Labute approximate surface area is 215 Å². The average molecular weight is 527 g/mol. The molecular weight excluding hydrogens is 490 g/mol. The van der Waals surface area contributed by atoms with E-state index in [9.17, 15) is 23.2 Å². The summed E-state index contributed by atoms with van der Waals surface area (Å²) in [5, 5.41) is 0. The fraction of sp³-hybridized carbons (Fsp3) is 0.889. The van der Waals surface area contributed by atoms with E-state index < -0.39 is 29.1 Å². The Kier molecular flexibility index (Phi) is 6.10. The summed E-state index contributed by atoms with van der Waals surface area (Å²) in [7, 11) is 0. The molecular formula is C27H36F2O8. The van der Waals surface area contributed by atoms with E-state index in [0.29, 0.717) is 38.0 Å². The molecule has 0 radical (unpaired) electrons. The Bertz CT molecular complexity index is 947. The standard InChI is InChI=1S/C27H36F2O8/c1-3-27(37-24(32)25(2,28)29)16-6-14-7-17(27)12-26(10-14,11-16)35-13-20(30)33-4-5-34-21-15-8-18-19(9-15)23(31)36-22(18)21/h14-19,21-22H,3-13H2,1-2H3. The molecule has 8 nitrogen and oxygen atoms in total. The van der Waals surface area contributed by atoms with Gasteiger partial charge in [-0.15, -0.1) is 0 Å². The predicted octanol–water partition coefficient (Wildman–Crippen LogP) is 3.44. The minimum Gasteiger partial charge on any atom is -0.462 e. The van der Waals surface area contributed by atoms with E-state index >= 15 is 0 Å². The molecule has 0 aromatic rings.